The van der Waals surface area contributed by atoms with Gasteiger partial charge in [-0.25, -0.2) is 4.79 Å². The van der Waals surface area contributed by atoms with E-state index in [1.165, 1.54) is 23.5 Å². The highest BCUT2D eigenvalue weighted by atomic mass is 32.2. The Balaban J connectivity index is 1.47. The van der Waals surface area contributed by atoms with Crippen LogP contribution in [0.3, 0.4) is 0 Å². The van der Waals surface area contributed by atoms with Crippen LogP contribution in [-0.4, -0.2) is 25.0 Å². The first-order valence-corrected chi connectivity index (χ1v) is 11.6. The van der Waals surface area contributed by atoms with Gasteiger partial charge in [0.05, 0.1) is 0 Å². The predicted octanol–water partition coefficient (Wildman–Crippen LogP) is 3.81. The Morgan fingerprint density at radius 2 is 1.65 bits per heavy atom. The summed E-state index contributed by atoms with van der Waals surface area (Å²) in [5.41, 5.74) is 2.12. The van der Waals surface area contributed by atoms with Crippen LogP contribution in [0.2, 0.25) is 0 Å². The van der Waals surface area contributed by atoms with Gasteiger partial charge in [-0.1, -0.05) is 30.3 Å². The summed E-state index contributed by atoms with van der Waals surface area (Å²) in [4.78, 5) is 25.1. The Morgan fingerprint density at radius 3 is 2.26 bits per heavy atom. The molecule has 0 radical (unpaired) electrons. The first-order valence-electron chi connectivity index (χ1n) is 9.16. The molecule has 0 unspecified atom stereocenters. The zero-order valence-corrected chi connectivity index (χ0v) is 17.9. The number of carbonyl (C=O) groups is 2. The predicted molar refractivity (Wildman–Crippen MR) is 117 cm³/mol. The lowest BCUT2D eigenvalue weighted by Crippen LogP contribution is -2.23. The molecule has 0 saturated carbocycles. The van der Waals surface area contributed by atoms with Gasteiger partial charge in [0.2, 0.25) is 0 Å². The topological polar surface area (TPSA) is 122 Å². The quantitative estimate of drug-likeness (QED) is 0.440. The highest BCUT2D eigenvalue weighted by Crippen LogP contribution is 2.14. The fraction of sp³-hybridized carbons (Fsp3) is 0.143. The lowest BCUT2D eigenvalue weighted by Gasteiger charge is -2.08. The van der Waals surface area contributed by atoms with Crippen LogP contribution in [0, 0.1) is 0 Å². The van der Waals surface area contributed by atoms with Crippen molar-refractivity contribution in [1.82, 2.24) is 5.32 Å². The number of hydrogen-bond acceptors (Lipinski definition) is 6. The second-order valence-corrected chi connectivity index (χ2v) is 9.07. The van der Waals surface area contributed by atoms with Crippen LogP contribution in [0.1, 0.15) is 26.4 Å². The van der Waals surface area contributed by atoms with Crippen molar-refractivity contribution in [3.05, 3.63) is 87.6 Å². The van der Waals surface area contributed by atoms with Crippen LogP contribution < -0.4 is 10.6 Å². The molecule has 162 valence electrons. The summed E-state index contributed by atoms with van der Waals surface area (Å²) in [5.74, 6) is -0.824. The number of hydrogen-bond donors (Lipinski definition) is 3. The summed E-state index contributed by atoms with van der Waals surface area (Å²) in [5, 5.41) is 7.27. The average Bonchev–Trinajstić information content (AvgIpc) is 3.25. The summed E-state index contributed by atoms with van der Waals surface area (Å²) in [6.45, 7) is 0.486. The number of amides is 2. The van der Waals surface area contributed by atoms with Crippen LogP contribution in [0.15, 0.2) is 66.0 Å². The average molecular weight is 461 g/mol. The zero-order valence-electron chi connectivity index (χ0n) is 16.3. The van der Waals surface area contributed by atoms with Crippen molar-refractivity contribution in [3.63, 3.8) is 0 Å². The Kier molecular flexibility index (Phi) is 7.40. The molecule has 3 aromatic rings. The van der Waals surface area contributed by atoms with Gasteiger partial charge in [-0.05, 0) is 46.8 Å². The molecule has 0 aliphatic rings. The molecule has 31 heavy (non-hydrogen) atoms. The number of alkyl carbamates (subject to hydrolysis) is 1. The number of carbonyl (C=O) groups excluding carboxylic acids is 2. The molecule has 0 saturated heterocycles. The minimum atomic E-state index is -4.11. The van der Waals surface area contributed by atoms with E-state index in [0.29, 0.717) is 16.8 Å². The number of thiophene rings is 1. The van der Waals surface area contributed by atoms with E-state index < -0.39 is 22.0 Å². The van der Waals surface area contributed by atoms with Gasteiger partial charge in [0.15, 0.2) is 0 Å². The van der Waals surface area contributed by atoms with Gasteiger partial charge in [0.25, 0.3) is 16.0 Å². The molecule has 0 atom stereocenters. The third-order valence-corrected chi connectivity index (χ3v) is 5.69. The first kappa shape index (κ1) is 22.5. The maximum atomic E-state index is 12.4. The van der Waals surface area contributed by atoms with Crippen LogP contribution in [0.25, 0.3) is 0 Å². The number of benzene rings is 2. The van der Waals surface area contributed by atoms with Gasteiger partial charge in [-0.2, -0.15) is 8.42 Å². The van der Waals surface area contributed by atoms with Crippen molar-refractivity contribution in [1.29, 1.82) is 0 Å². The Hall–Kier alpha value is -3.21. The van der Waals surface area contributed by atoms with Crippen LogP contribution >= 0.6 is 11.3 Å². The molecule has 1 heterocycles. The van der Waals surface area contributed by atoms with Gasteiger partial charge >= 0.3 is 6.09 Å². The van der Waals surface area contributed by atoms with E-state index in [0.717, 1.165) is 10.4 Å². The highest BCUT2D eigenvalue weighted by molar-refractivity contribution is 7.85. The Morgan fingerprint density at radius 1 is 0.968 bits per heavy atom. The van der Waals surface area contributed by atoms with Gasteiger partial charge in [0, 0.05) is 22.7 Å². The molecule has 0 spiro atoms. The molecule has 8 nitrogen and oxygen atoms in total. The number of rotatable bonds is 8. The van der Waals surface area contributed by atoms with E-state index in [1.54, 1.807) is 36.4 Å². The summed E-state index contributed by atoms with van der Waals surface area (Å²) >= 11 is 1.51. The van der Waals surface area contributed by atoms with Gasteiger partial charge < -0.3 is 15.4 Å². The van der Waals surface area contributed by atoms with Gasteiger partial charge in [-0.3, -0.25) is 9.35 Å². The SMILES string of the molecule is O=C(NCc1ccc(C(=O)Nc2ccc(CS(=O)(=O)O)cc2)cc1)OCc1cccs1. The first-order chi connectivity index (χ1) is 14.8. The van der Waals surface area contributed by atoms with Gasteiger partial charge in [-0.15, -0.1) is 11.3 Å². The van der Waals surface area contributed by atoms with Crippen LogP contribution in [-0.2, 0) is 33.8 Å². The second-order valence-electron chi connectivity index (χ2n) is 6.58. The smallest absolute Gasteiger partial charge is 0.407 e. The fourth-order valence-electron chi connectivity index (χ4n) is 2.63. The van der Waals surface area contributed by atoms with Gasteiger partial charge in [0.1, 0.15) is 12.4 Å². The van der Waals surface area contributed by atoms with E-state index >= 15 is 0 Å². The molecular formula is C21H20N2O6S2. The third kappa shape index (κ3) is 7.52. The normalized spacial score (nSPS) is 11.0. The molecule has 2 amide bonds. The lowest BCUT2D eigenvalue weighted by molar-refractivity contribution is 0.102. The third-order valence-electron chi connectivity index (χ3n) is 4.14. The Labute approximate surface area is 183 Å². The molecule has 0 bridgehead atoms. The maximum absolute atomic E-state index is 12.4. The van der Waals surface area contributed by atoms with Crippen molar-refractivity contribution in [3.8, 4) is 0 Å². The summed E-state index contributed by atoms with van der Waals surface area (Å²) in [6, 6.07) is 16.6. The molecule has 1 aromatic heterocycles. The number of anilines is 1. The summed E-state index contributed by atoms with van der Waals surface area (Å²) < 4.78 is 35.8. The fourth-order valence-corrected chi connectivity index (χ4v) is 3.86. The van der Waals surface area contributed by atoms with E-state index in [1.807, 2.05) is 17.5 Å². The van der Waals surface area contributed by atoms with Crippen LogP contribution in [0.4, 0.5) is 10.5 Å². The molecule has 0 fully saturated rings. The largest absolute Gasteiger partial charge is 0.444 e. The molecule has 2 aromatic carbocycles. The van der Waals surface area contributed by atoms with Crippen LogP contribution in [0.5, 0.6) is 0 Å². The monoisotopic (exact) mass is 460 g/mol. The summed E-state index contributed by atoms with van der Waals surface area (Å²) in [7, 11) is -4.11. The van der Waals surface area contributed by atoms with Crippen molar-refractivity contribution in [2.24, 2.45) is 0 Å². The molecular weight excluding hydrogens is 440 g/mol. The van der Waals surface area contributed by atoms with Crippen molar-refractivity contribution >= 4 is 39.1 Å². The standard InChI is InChI=1S/C21H20N2O6S2/c24-20(23-18-9-5-16(6-10-18)14-31(26,27)28)17-7-3-15(4-8-17)12-22-21(25)29-13-19-2-1-11-30-19/h1-11H,12-14H2,(H,22,25)(H,23,24)(H,26,27,28). The number of nitrogens with one attached hydrogen (secondary N) is 2. The minimum absolute atomic E-state index is 0.222. The molecule has 0 aliphatic heterocycles. The minimum Gasteiger partial charge on any atom is -0.444 e. The molecule has 3 N–H and O–H groups in total. The van der Waals surface area contributed by atoms with Crippen molar-refractivity contribution in [2.75, 3.05) is 5.32 Å². The van der Waals surface area contributed by atoms with E-state index in [-0.39, 0.29) is 19.1 Å². The second kappa shape index (κ2) is 10.2. The molecule has 0 aliphatic carbocycles. The van der Waals surface area contributed by atoms with Crippen molar-refractivity contribution in [2.45, 2.75) is 18.9 Å². The van der Waals surface area contributed by atoms with E-state index in [4.69, 9.17) is 9.29 Å². The van der Waals surface area contributed by atoms with E-state index in [9.17, 15) is 18.0 Å². The summed E-state index contributed by atoms with van der Waals surface area (Å²) in [6.07, 6.45) is -0.521. The number of ether oxygens (including phenoxy) is 1. The molecule has 3 rings (SSSR count). The Bertz CT molecular complexity index is 1130. The lowest BCUT2D eigenvalue weighted by atomic mass is 10.1. The maximum Gasteiger partial charge on any atom is 0.407 e. The molecule has 10 heteroatoms. The highest BCUT2D eigenvalue weighted by Gasteiger charge is 2.09. The zero-order chi connectivity index (χ0) is 22.3. The van der Waals surface area contributed by atoms with Crippen molar-refractivity contribution < 1.29 is 27.3 Å². The van der Waals surface area contributed by atoms with E-state index in [2.05, 4.69) is 10.6 Å².